The molecule has 0 aromatic carbocycles. The third kappa shape index (κ3) is 4.29. The Kier molecular flexibility index (Phi) is 4.31. The standard InChI is InChI=1S/C13H20N2O/c1-11-6-13(9-15-7-11)8-14-4-5-16-10-12-2-3-12/h6-7,9,12,14H,2-5,8,10H2,1H3. The van der Waals surface area contributed by atoms with Crippen molar-refractivity contribution < 1.29 is 4.74 Å². The second-order valence-corrected chi connectivity index (χ2v) is 4.57. The molecule has 1 aromatic heterocycles. The summed E-state index contributed by atoms with van der Waals surface area (Å²) < 4.78 is 5.54. The number of rotatable bonds is 7. The smallest absolute Gasteiger partial charge is 0.0591 e. The van der Waals surface area contributed by atoms with Crippen molar-refractivity contribution in [1.29, 1.82) is 0 Å². The highest BCUT2D eigenvalue weighted by Crippen LogP contribution is 2.28. The molecule has 0 spiro atoms. The van der Waals surface area contributed by atoms with Crippen LogP contribution in [0.2, 0.25) is 0 Å². The highest BCUT2D eigenvalue weighted by atomic mass is 16.5. The predicted molar refractivity (Wildman–Crippen MR) is 64.2 cm³/mol. The van der Waals surface area contributed by atoms with Crippen LogP contribution in [-0.4, -0.2) is 24.7 Å². The van der Waals surface area contributed by atoms with E-state index >= 15 is 0 Å². The molecule has 1 saturated carbocycles. The molecule has 1 aromatic rings. The first-order chi connectivity index (χ1) is 7.84. The van der Waals surface area contributed by atoms with Gasteiger partial charge in [0.25, 0.3) is 0 Å². The van der Waals surface area contributed by atoms with E-state index in [1.165, 1.54) is 24.0 Å². The average molecular weight is 220 g/mol. The Morgan fingerprint density at radius 3 is 3.06 bits per heavy atom. The van der Waals surface area contributed by atoms with E-state index in [2.05, 4.69) is 23.3 Å². The van der Waals surface area contributed by atoms with Crippen LogP contribution in [0.1, 0.15) is 24.0 Å². The summed E-state index contributed by atoms with van der Waals surface area (Å²) in [5.41, 5.74) is 2.45. The monoisotopic (exact) mass is 220 g/mol. The molecule has 16 heavy (non-hydrogen) atoms. The normalized spacial score (nSPS) is 15.3. The number of ether oxygens (including phenoxy) is 1. The lowest BCUT2D eigenvalue weighted by atomic mass is 10.2. The molecule has 88 valence electrons. The summed E-state index contributed by atoms with van der Waals surface area (Å²) in [4.78, 5) is 4.16. The van der Waals surface area contributed by atoms with Gasteiger partial charge in [-0.15, -0.1) is 0 Å². The summed E-state index contributed by atoms with van der Waals surface area (Å²) in [6.07, 6.45) is 6.51. The van der Waals surface area contributed by atoms with Crippen molar-refractivity contribution in [2.45, 2.75) is 26.3 Å². The summed E-state index contributed by atoms with van der Waals surface area (Å²) in [6.45, 7) is 5.63. The first kappa shape index (κ1) is 11.6. The van der Waals surface area contributed by atoms with E-state index in [1.54, 1.807) is 0 Å². The molecular weight excluding hydrogens is 200 g/mol. The molecule has 0 unspecified atom stereocenters. The summed E-state index contributed by atoms with van der Waals surface area (Å²) >= 11 is 0. The van der Waals surface area contributed by atoms with Crippen LogP contribution in [0.5, 0.6) is 0 Å². The molecule has 0 amide bonds. The van der Waals surface area contributed by atoms with Crippen molar-refractivity contribution in [2.75, 3.05) is 19.8 Å². The maximum Gasteiger partial charge on any atom is 0.0591 e. The van der Waals surface area contributed by atoms with Crippen molar-refractivity contribution in [3.63, 3.8) is 0 Å². The minimum absolute atomic E-state index is 0.815. The quantitative estimate of drug-likeness (QED) is 0.713. The summed E-state index contributed by atoms with van der Waals surface area (Å²) in [6, 6.07) is 2.16. The van der Waals surface area contributed by atoms with E-state index in [-0.39, 0.29) is 0 Å². The number of aromatic nitrogens is 1. The van der Waals surface area contributed by atoms with Crippen LogP contribution >= 0.6 is 0 Å². The Hall–Kier alpha value is -0.930. The fourth-order valence-corrected chi connectivity index (χ4v) is 1.63. The molecule has 1 aliphatic carbocycles. The third-order valence-corrected chi connectivity index (χ3v) is 2.73. The molecule has 1 aliphatic rings. The first-order valence-electron chi connectivity index (χ1n) is 6.03. The van der Waals surface area contributed by atoms with Gasteiger partial charge in [0.2, 0.25) is 0 Å². The van der Waals surface area contributed by atoms with E-state index < -0.39 is 0 Å². The second kappa shape index (κ2) is 5.97. The van der Waals surface area contributed by atoms with Gasteiger partial charge < -0.3 is 10.1 Å². The molecule has 0 radical (unpaired) electrons. The molecule has 1 N–H and O–H groups in total. The fourth-order valence-electron chi connectivity index (χ4n) is 1.63. The minimum atomic E-state index is 0.815. The lowest BCUT2D eigenvalue weighted by Gasteiger charge is -2.06. The van der Waals surface area contributed by atoms with Gasteiger partial charge in [-0.25, -0.2) is 0 Å². The zero-order valence-electron chi connectivity index (χ0n) is 9.91. The van der Waals surface area contributed by atoms with Crippen LogP contribution < -0.4 is 5.32 Å². The number of aryl methyl sites for hydroxylation is 1. The van der Waals surface area contributed by atoms with Gasteiger partial charge >= 0.3 is 0 Å². The van der Waals surface area contributed by atoms with E-state index in [9.17, 15) is 0 Å². The number of hydrogen-bond donors (Lipinski definition) is 1. The topological polar surface area (TPSA) is 34.2 Å². The largest absolute Gasteiger partial charge is 0.380 e. The molecule has 1 fully saturated rings. The zero-order valence-corrected chi connectivity index (χ0v) is 9.91. The highest BCUT2D eigenvalue weighted by Gasteiger charge is 2.20. The van der Waals surface area contributed by atoms with Crippen LogP contribution in [0, 0.1) is 12.8 Å². The molecule has 1 heterocycles. The van der Waals surface area contributed by atoms with E-state index in [0.717, 1.165) is 32.2 Å². The van der Waals surface area contributed by atoms with Crippen molar-refractivity contribution in [2.24, 2.45) is 5.92 Å². The van der Waals surface area contributed by atoms with Crippen molar-refractivity contribution in [3.05, 3.63) is 29.6 Å². The van der Waals surface area contributed by atoms with Crippen molar-refractivity contribution in [3.8, 4) is 0 Å². The van der Waals surface area contributed by atoms with Gasteiger partial charge in [-0.05, 0) is 36.8 Å². The average Bonchev–Trinajstić information content (AvgIpc) is 3.07. The molecule has 0 saturated heterocycles. The molecule has 0 bridgehead atoms. The van der Waals surface area contributed by atoms with Crippen LogP contribution in [0.3, 0.4) is 0 Å². The van der Waals surface area contributed by atoms with Gasteiger partial charge in [-0.3, -0.25) is 4.98 Å². The van der Waals surface area contributed by atoms with Crippen molar-refractivity contribution in [1.82, 2.24) is 10.3 Å². The number of nitrogens with one attached hydrogen (secondary N) is 1. The third-order valence-electron chi connectivity index (χ3n) is 2.73. The molecular formula is C13H20N2O. The minimum Gasteiger partial charge on any atom is -0.380 e. The second-order valence-electron chi connectivity index (χ2n) is 4.57. The fraction of sp³-hybridized carbons (Fsp3) is 0.615. The highest BCUT2D eigenvalue weighted by molar-refractivity contribution is 5.16. The van der Waals surface area contributed by atoms with Crippen LogP contribution in [0.15, 0.2) is 18.5 Å². The summed E-state index contributed by atoms with van der Waals surface area (Å²) in [5, 5.41) is 3.36. The molecule has 3 heteroatoms. The Bertz CT molecular complexity index is 323. The number of nitrogens with zero attached hydrogens (tertiary/aromatic N) is 1. The zero-order chi connectivity index (χ0) is 11.2. The van der Waals surface area contributed by atoms with Gasteiger partial charge in [0, 0.05) is 32.1 Å². The van der Waals surface area contributed by atoms with Crippen LogP contribution in [-0.2, 0) is 11.3 Å². The molecule has 3 nitrogen and oxygen atoms in total. The van der Waals surface area contributed by atoms with Crippen LogP contribution in [0.4, 0.5) is 0 Å². The SMILES string of the molecule is Cc1cncc(CNCCOCC2CC2)c1. The van der Waals surface area contributed by atoms with Gasteiger partial charge in [0.1, 0.15) is 0 Å². The Morgan fingerprint density at radius 2 is 2.31 bits per heavy atom. The van der Waals surface area contributed by atoms with Gasteiger partial charge in [-0.1, -0.05) is 6.07 Å². The maximum atomic E-state index is 5.54. The molecule has 2 rings (SSSR count). The van der Waals surface area contributed by atoms with E-state index in [1.807, 2.05) is 12.4 Å². The van der Waals surface area contributed by atoms with E-state index in [4.69, 9.17) is 4.74 Å². The van der Waals surface area contributed by atoms with Gasteiger partial charge in [0.05, 0.1) is 6.61 Å². The molecule has 0 atom stereocenters. The number of hydrogen-bond acceptors (Lipinski definition) is 3. The maximum absolute atomic E-state index is 5.54. The Morgan fingerprint density at radius 1 is 1.44 bits per heavy atom. The lowest BCUT2D eigenvalue weighted by Crippen LogP contribution is -2.19. The summed E-state index contributed by atoms with van der Waals surface area (Å²) in [5.74, 6) is 0.862. The molecule has 0 aliphatic heterocycles. The van der Waals surface area contributed by atoms with Crippen molar-refractivity contribution >= 4 is 0 Å². The van der Waals surface area contributed by atoms with E-state index in [0.29, 0.717) is 0 Å². The van der Waals surface area contributed by atoms with Crippen LogP contribution in [0.25, 0.3) is 0 Å². The van der Waals surface area contributed by atoms with Gasteiger partial charge in [0.15, 0.2) is 0 Å². The first-order valence-corrected chi connectivity index (χ1v) is 6.03. The van der Waals surface area contributed by atoms with Gasteiger partial charge in [-0.2, -0.15) is 0 Å². The summed E-state index contributed by atoms with van der Waals surface area (Å²) in [7, 11) is 0. The Labute approximate surface area is 97.2 Å². The Balaban J connectivity index is 1.53. The predicted octanol–water partition coefficient (Wildman–Crippen LogP) is 1.91. The lowest BCUT2D eigenvalue weighted by molar-refractivity contribution is 0.126. The number of pyridine rings is 1.